The minimum atomic E-state index is -0.0666. The van der Waals surface area contributed by atoms with Gasteiger partial charge in [0.15, 0.2) is 0 Å². The summed E-state index contributed by atoms with van der Waals surface area (Å²) in [6.07, 6.45) is 6.72. The number of nitrogens with one attached hydrogen (secondary N) is 2. The van der Waals surface area contributed by atoms with Crippen LogP contribution in [0, 0.1) is 6.92 Å². The molecule has 2 N–H and O–H groups in total. The molecule has 5 nitrogen and oxygen atoms in total. The molecule has 1 aliphatic rings. The van der Waals surface area contributed by atoms with Gasteiger partial charge in [-0.1, -0.05) is 0 Å². The molecule has 1 aromatic rings. The number of aryl methyl sites for hydroxylation is 1. The molecule has 2 heterocycles. The lowest BCUT2D eigenvalue weighted by Gasteiger charge is -2.22. The fraction of sp³-hybridized carbons (Fsp3) is 0.600. The first-order valence-electron chi connectivity index (χ1n) is 7.28. The molecule has 1 saturated heterocycles. The number of hydrogen-bond acceptors (Lipinski definition) is 4. The van der Waals surface area contributed by atoms with Crippen molar-refractivity contribution < 1.29 is 9.53 Å². The number of ether oxygens (including phenoxy) is 1. The van der Waals surface area contributed by atoms with E-state index in [1.165, 1.54) is 0 Å². The summed E-state index contributed by atoms with van der Waals surface area (Å²) in [5.41, 5.74) is 1.61. The van der Waals surface area contributed by atoms with Gasteiger partial charge in [-0.05, 0) is 50.9 Å². The fourth-order valence-corrected chi connectivity index (χ4v) is 2.27. The summed E-state index contributed by atoms with van der Waals surface area (Å²) in [6.45, 7) is 5.36. The summed E-state index contributed by atoms with van der Waals surface area (Å²) in [4.78, 5) is 15.9. The number of amides is 1. The van der Waals surface area contributed by atoms with Gasteiger partial charge in [-0.25, -0.2) is 0 Å². The Balaban J connectivity index is 1.59. The molecule has 20 heavy (non-hydrogen) atoms. The maximum Gasteiger partial charge on any atom is 0.252 e. The Bertz CT molecular complexity index is 431. The Kier molecular flexibility index (Phi) is 5.95. The molecule has 5 heteroatoms. The Hall–Kier alpha value is -1.46. The summed E-state index contributed by atoms with van der Waals surface area (Å²) < 4.78 is 5.79. The largest absolute Gasteiger partial charge is 0.378 e. The average molecular weight is 277 g/mol. The fourth-order valence-electron chi connectivity index (χ4n) is 2.27. The summed E-state index contributed by atoms with van der Waals surface area (Å²) in [5, 5.41) is 6.20. The summed E-state index contributed by atoms with van der Waals surface area (Å²) in [7, 11) is 0. The van der Waals surface area contributed by atoms with Crippen molar-refractivity contribution in [2.24, 2.45) is 0 Å². The predicted octanol–water partition coefficient (Wildman–Crippen LogP) is 1.28. The summed E-state index contributed by atoms with van der Waals surface area (Å²) in [5.74, 6) is -0.0666. The van der Waals surface area contributed by atoms with Gasteiger partial charge in [0.2, 0.25) is 0 Å². The van der Waals surface area contributed by atoms with E-state index in [1.807, 2.05) is 13.0 Å². The normalized spacial score (nSPS) is 16.1. The third kappa shape index (κ3) is 4.90. The third-order valence-corrected chi connectivity index (χ3v) is 3.38. The van der Waals surface area contributed by atoms with Gasteiger partial charge in [0.1, 0.15) is 0 Å². The second-order valence-electron chi connectivity index (χ2n) is 5.18. The van der Waals surface area contributed by atoms with E-state index in [4.69, 9.17) is 4.74 Å². The monoisotopic (exact) mass is 277 g/mol. The molecule has 2 rings (SSSR count). The van der Waals surface area contributed by atoms with Crippen molar-refractivity contribution in [1.82, 2.24) is 15.6 Å². The first-order valence-corrected chi connectivity index (χ1v) is 7.28. The highest BCUT2D eigenvalue weighted by Crippen LogP contribution is 2.07. The molecule has 0 aromatic carbocycles. The lowest BCUT2D eigenvalue weighted by Crippen LogP contribution is -2.33. The molecule has 0 saturated carbocycles. The van der Waals surface area contributed by atoms with Gasteiger partial charge in [-0.15, -0.1) is 0 Å². The van der Waals surface area contributed by atoms with Crippen LogP contribution in [0.5, 0.6) is 0 Å². The number of hydrogen-bond donors (Lipinski definition) is 2. The molecule has 1 fully saturated rings. The van der Waals surface area contributed by atoms with Gasteiger partial charge < -0.3 is 15.4 Å². The van der Waals surface area contributed by atoms with Crippen LogP contribution in [0.2, 0.25) is 0 Å². The summed E-state index contributed by atoms with van der Waals surface area (Å²) >= 11 is 0. The van der Waals surface area contributed by atoms with E-state index in [0.717, 1.165) is 37.9 Å². The van der Waals surface area contributed by atoms with E-state index >= 15 is 0 Å². The lowest BCUT2D eigenvalue weighted by atomic mass is 10.1. The number of carbonyl (C=O) groups is 1. The van der Waals surface area contributed by atoms with E-state index in [9.17, 15) is 4.79 Å². The Morgan fingerprint density at radius 2 is 2.25 bits per heavy atom. The minimum Gasteiger partial charge on any atom is -0.378 e. The van der Waals surface area contributed by atoms with Crippen molar-refractivity contribution in [1.29, 1.82) is 0 Å². The molecule has 0 aliphatic carbocycles. The zero-order chi connectivity index (χ0) is 14.2. The van der Waals surface area contributed by atoms with Gasteiger partial charge in [0, 0.05) is 25.5 Å². The van der Waals surface area contributed by atoms with Crippen LogP contribution in [0.1, 0.15) is 35.2 Å². The van der Waals surface area contributed by atoms with Crippen molar-refractivity contribution >= 4 is 5.91 Å². The van der Waals surface area contributed by atoms with Crippen LogP contribution in [0.25, 0.3) is 0 Å². The number of rotatable bonds is 6. The first-order chi connectivity index (χ1) is 9.75. The molecule has 0 spiro atoms. The molecule has 0 radical (unpaired) electrons. The van der Waals surface area contributed by atoms with Gasteiger partial charge in [-0.2, -0.15) is 0 Å². The van der Waals surface area contributed by atoms with E-state index in [0.29, 0.717) is 24.8 Å². The number of carbonyl (C=O) groups excluding carboxylic acids is 1. The topological polar surface area (TPSA) is 63.2 Å². The van der Waals surface area contributed by atoms with Crippen LogP contribution in [0.3, 0.4) is 0 Å². The average Bonchev–Trinajstić information content (AvgIpc) is 2.48. The summed E-state index contributed by atoms with van der Waals surface area (Å²) in [6, 6.07) is 1.84. The molecule has 110 valence electrons. The molecular weight excluding hydrogens is 254 g/mol. The lowest BCUT2D eigenvalue weighted by molar-refractivity contribution is 0.0318. The van der Waals surface area contributed by atoms with Crippen LogP contribution in [-0.2, 0) is 4.74 Å². The molecule has 1 amide bonds. The number of piperidine rings is 1. The maximum absolute atomic E-state index is 11.9. The third-order valence-electron chi connectivity index (χ3n) is 3.38. The number of nitrogens with zero attached hydrogens (tertiary/aromatic N) is 1. The van der Waals surface area contributed by atoms with Crippen molar-refractivity contribution in [3.63, 3.8) is 0 Å². The van der Waals surface area contributed by atoms with Crippen LogP contribution in [-0.4, -0.2) is 43.2 Å². The van der Waals surface area contributed by atoms with E-state index in [2.05, 4.69) is 15.6 Å². The molecule has 0 bridgehead atoms. The van der Waals surface area contributed by atoms with Gasteiger partial charge >= 0.3 is 0 Å². The highest BCUT2D eigenvalue weighted by atomic mass is 16.5. The van der Waals surface area contributed by atoms with Crippen LogP contribution in [0.15, 0.2) is 18.5 Å². The standard InChI is InChI=1S/C15H23N3O2/c1-12-9-13(11-17-10-12)15(19)18-5-2-8-20-14-3-6-16-7-4-14/h9-11,14,16H,2-8H2,1H3,(H,18,19). The minimum absolute atomic E-state index is 0.0666. The second kappa shape index (κ2) is 7.97. The van der Waals surface area contributed by atoms with Crippen molar-refractivity contribution in [2.45, 2.75) is 32.3 Å². The zero-order valence-electron chi connectivity index (χ0n) is 12.0. The quantitative estimate of drug-likeness (QED) is 0.769. The van der Waals surface area contributed by atoms with Gasteiger partial charge in [0.05, 0.1) is 11.7 Å². The maximum atomic E-state index is 11.9. The van der Waals surface area contributed by atoms with E-state index < -0.39 is 0 Å². The second-order valence-corrected chi connectivity index (χ2v) is 5.18. The van der Waals surface area contributed by atoms with E-state index in [-0.39, 0.29) is 5.91 Å². The van der Waals surface area contributed by atoms with E-state index in [1.54, 1.807) is 12.4 Å². The van der Waals surface area contributed by atoms with Gasteiger partial charge in [0.25, 0.3) is 5.91 Å². The van der Waals surface area contributed by atoms with Gasteiger partial charge in [-0.3, -0.25) is 9.78 Å². The Labute approximate surface area is 120 Å². The van der Waals surface area contributed by atoms with Crippen LogP contribution >= 0.6 is 0 Å². The predicted molar refractivity (Wildman–Crippen MR) is 77.8 cm³/mol. The number of pyridine rings is 1. The molecule has 1 aliphatic heterocycles. The smallest absolute Gasteiger partial charge is 0.252 e. The molecule has 1 aromatic heterocycles. The Morgan fingerprint density at radius 3 is 3.00 bits per heavy atom. The Morgan fingerprint density at radius 1 is 1.45 bits per heavy atom. The molecule has 0 atom stereocenters. The van der Waals surface area contributed by atoms with Crippen LogP contribution in [0.4, 0.5) is 0 Å². The van der Waals surface area contributed by atoms with Crippen LogP contribution < -0.4 is 10.6 Å². The number of aromatic nitrogens is 1. The molecule has 0 unspecified atom stereocenters. The highest BCUT2D eigenvalue weighted by Gasteiger charge is 2.12. The highest BCUT2D eigenvalue weighted by molar-refractivity contribution is 5.93. The SMILES string of the molecule is Cc1cncc(C(=O)NCCCOC2CCNCC2)c1. The molecular formula is C15H23N3O2. The van der Waals surface area contributed by atoms with Crippen molar-refractivity contribution in [3.05, 3.63) is 29.6 Å². The van der Waals surface area contributed by atoms with Crippen molar-refractivity contribution in [3.8, 4) is 0 Å². The first kappa shape index (κ1) is 14.9. The van der Waals surface area contributed by atoms with Crippen molar-refractivity contribution in [2.75, 3.05) is 26.2 Å². The zero-order valence-corrected chi connectivity index (χ0v) is 12.0.